The number of benzene rings is 3. The molecule has 0 spiro atoms. The first-order valence-electron chi connectivity index (χ1n) is 9.60. The summed E-state index contributed by atoms with van der Waals surface area (Å²) in [7, 11) is 0. The Morgan fingerprint density at radius 1 is 1.12 bits per heavy atom. The normalized spacial score (nSPS) is 10.9. The molecule has 1 aromatic heterocycles. The lowest BCUT2D eigenvalue weighted by Gasteiger charge is -2.10. The fourth-order valence-electron chi connectivity index (χ4n) is 3.29. The van der Waals surface area contributed by atoms with Gasteiger partial charge in [0.25, 0.3) is 11.5 Å². The molecule has 0 fully saturated rings. The molecule has 0 radical (unpaired) electrons. The van der Waals surface area contributed by atoms with Crippen LogP contribution in [0.5, 0.6) is 0 Å². The van der Waals surface area contributed by atoms with Crippen LogP contribution in [0.4, 0.5) is 4.39 Å². The molecule has 0 aliphatic rings. The Morgan fingerprint density at radius 3 is 2.59 bits per heavy atom. The molecule has 0 unspecified atom stereocenters. The Labute approximate surface area is 182 Å². The molecular weight excluding hydrogens is 409 g/mol. The number of amides is 1. The highest BCUT2D eigenvalue weighted by Crippen LogP contribution is 2.17. The van der Waals surface area contributed by atoms with Crippen LogP contribution in [0.2, 0.25) is 0 Å². The van der Waals surface area contributed by atoms with Crippen LogP contribution in [0.15, 0.2) is 76.6 Å². The lowest BCUT2D eigenvalue weighted by Crippen LogP contribution is -2.31. The van der Waals surface area contributed by atoms with Crippen LogP contribution < -0.4 is 11.0 Å². The fourth-order valence-corrected chi connectivity index (χ4v) is 3.29. The van der Waals surface area contributed by atoms with E-state index < -0.39 is 17.3 Å². The van der Waals surface area contributed by atoms with Gasteiger partial charge in [0, 0.05) is 11.1 Å². The molecule has 1 heterocycles. The third-order valence-corrected chi connectivity index (χ3v) is 4.93. The van der Waals surface area contributed by atoms with E-state index in [-0.39, 0.29) is 22.5 Å². The monoisotopic (exact) mass is 425 g/mol. The van der Waals surface area contributed by atoms with Gasteiger partial charge in [-0.05, 0) is 42.0 Å². The average molecular weight is 425 g/mol. The zero-order valence-corrected chi connectivity index (χ0v) is 16.9. The summed E-state index contributed by atoms with van der Waals surface area (Å²) >= 11 is 0. The predicted molar refractivity (Wildman–Crippen MR) is 118 cm³/mol. The summed E-state index contributed by atoms with van der Waals surface area (Å²) in [4.78, 5) is 25.4. The van der Waals surface area contributed by atoms with Crippen LogP contribution >= 0.6 is 0 Å². The molecule has 1 N–H and O–H groups in total. The van der Waals surface area contributed by atoms with E-state index in [1.807, 2.05) is 48.5 Å². The van der Waals surface area contributed by atoms with Gasteiger partial charge in [-0.1, -0.05) is 42.5 Å². The molecule has 32 heavy (non-hydrogen) atoms. The number of rotatable bonds is 4. The van der Waals surface area contributed by atoms with E-state index in [4.69, 9.17) is 0 Å². The molecule has 3 aromatic carbocycles. The SMILES string of the molecule is Cc1c(C(=O)N/N=C/c2cccc3ccccc23)nn(-c2ccc(F)cc2)c(=O)c1C#N. The Balaban J connectivity index is 1.68. The van der Waals surface area contributed by atoms with E-state index in [1.165, 1.54) is 25.3 Å². The topological polar surface area (TPSA) is 100 Å². The molecule has 7 nitrogen and oxygen atoms in total. The minimum absolute atomic E-state index is 0.133. The van der Waals surface area contributed by atoms with Crippen molar-refractivity contribution < 1.29 is 9.18 Å². The summed E-state index contributed by atoms with van der Waals surface area (Å²) < 4.78 is 14.2. The van der Waals surface area contributed by atoms with E-state index in [1.54, 1.807) is 0 Å². The lowest BCUT2D eigenvalue weighted by atomic mass is 10.1. The molecule has 1 amide bonds. The van der Waals surface area contributed by atoms with Gasteiger partial charge in [-0.25, -0.2) is 9.82 Å². The molecule has 0 saturated carbocycles. The number of carbonyl (C=O) groups is 1. The van der Waals surface area contributed by atoms with Gasteiger partial charge < -0.3 is 0 Å². The Bertz CT molecular complexity index is 1460. The van der Waals surface area contributed by atoms with Gasteiger partial charge in [0.1, 0.15) is 17.4 Å². The van der Waals surface area contributed by atoms with Crippen molar-refractivity contribution in [3.8, 4) is 11.8 Å². The highest BCUT2D eigenvalue weighted by atomic mass is 19.1. The highest BCUT2D eigenvalue weighted by molar-refractivity contribution is 6.00. The summed E-state index contributed by atoms with van der Waals surface area (Å²) in [6, 6.07) is 20.3. The number of hydrogen-bond acceptors (Lipinski definition) is 5. The summed E-state index contributed by atoms with van der Waals surface area (Å²) in [6.45, 7) is 1.46. The highest BCUT2D eigenvalue weighted by Gasteiger charge is 2.20. The van der Waals surface area contributed by atoms with Crippen molar-refractivity contribution in [2.75, 3.05) is 0 Å². The molecule has 4 rings (SSSR count). The number of fused-ring (bicyclic) bond motifs is 1. The Hall–Kier alpha value is -4.64. The van der Waals surface area contributed by atoms with Gasteiger partial charge in [0.2, 0.25) is 0 Å². The predicted octanol–water partition coefficient (Wildman–Crippen LogP) is 3.47. The maximum absolute atomic E-state index is 13.3. The van der Waals surface area contributed by atoms with Crippen molar-refractivity contribution in [2.24, 2.45) is 5.10 Å². The number of nitrogens with zero attached hydrogens (tertiary/aromatic N) is 4. The van der Waals surface area contributed by atoms with Gasteiger partial charge >= 0.3 is 0 Å². The standard InChI is InChI=1S/C24H16FN5O2/c1-15-21(13-26)24(32)30(19-11-9-18(25)10-12-19)29-22(15)23(31)28-27-14-17-7-4-6-16-5-2-3-8-20(16)17/h2-12,14H,1H3,(H,28,31)/b27-14+. The van der Waals surface area contributed by atoms with E-state index in [9.17, 15) is 19.2 Å². The van der Waals surface area contributed by atoms with Crippen molar-refractivity contribution in [1.29, 1.82) is 5.26 Å². The second kappa shape index (κ2) is 8.62. The van der Waals surface area contributed by atoms with Gasteiger partial charge in [0.05, 0.1) is 11.9 Å². The Morgan fingerprint density at radius 2 is 1.84 bits per heavy atom. The van der Waals surface area contributed by atoms with E-state index in [0.29, 0.717) is 0 Å². The van der Waals surface area contributed by atoms with Crippen LogP contribution in [0.1, 0.15) is 27.2 Å². The minimum atomic E-state index is -0.701. The van der Waals surface area contributed by atoms with Crippen LogP contribution in [0.25, 0.3) is 16.5 Å². The van der Waals surface area contributed by atoms with Crippen molar-refractivity contribution in [1.82, 2.24) is 15.2 Å². The Kier molecular flexibility index (Phi) is 5.55. The molecular formula is C24H16FN5O2. The number of nitriles is 1. The number of halogens is 1. The zero-order valence-electron chi connectivity index (χ0n) is 16.9. The molecule has 156 valence electrons. The number of nitrogens with one attached hydrogen (secondary N) is 1. The van der Waals surface area contributed by atoms with Gasteiger partial charge in [-0.2, -0.15) is 20.1 Å². The zero-order chi connectivity index (χ0) is 22.7. The second-order valence-corrected chi connectivity index (χ2v) is 6.92. The third kappa shape index (κ3) is 3.87. The second-order valence-electron chi connectivity index (χ2n) is 6.92. The molecule has 8 heteroatoms. The molecule has 0 aliphatic heterocycles. The van der Waals surface area contributed by atoms with Crippen molar-refractivity contribution in [3.05, 3.63) is 105 Å². The van der Waals surface area contributed by atoms with Crippen molar-refractivity contribution >= 4 is 22.9 Å². The average Bonchev–Trinajstić information content (AvgIpc) is 2.80. The third-order valence-electron chi connectivity index (χ3n) is 4.93. The van der Waals surface area contributed by atoms with Crippen molar-refractivity contribution in [2.45, 2.75) is 6.92 Å². The van der Waals surface area contributed by atoms with Gasteiger partial charge in [-0.15, -0.1) is 0 Å². The number of aromatic nitrogens is 2. The molecule has 0 aliphatic carbocycles. The first kappa shape index (κ1) is 20.6. The van der Waals surface area contributed by atoms with Crippen LogP contribution in [-0.4, -0.2) is 21.9 Å². The summed E-state index contributed by atoms with van der Waals surface area (Å²) in [5.41, 5.74) is 2.49. The molecule has 0 atom stereocenters. The van der Waals surface area contributed by atoms with E-state index >= 15 is 0 Å². The fraction of sp³-hybridized carbons (Fsp3) is 0.0417. The van der Waals surface area contributed by atoms with Gasteiger partial charge in [-0.3, -0.25) is 9.59 Å². The van der Waals surface area contributed by atoms with Crippen LogP contribution in [0, 0.1) is 24.1 Å². The maximum atomic E-state index is 13.3. The molecule has 4 aromatic rings. The number of hydrogen-bond donors (Lipinski definition) is 1. The first-order chi connectivity index (χ1) is 15.5. The summed E-state index contributed by atoms with van der Waals surface area (Å²) in [5, 5.41) is 19.6. The quantitative estimate of drug-likeness (QED) is 0.400. The van der Waals surface area contributed by atoms with Gasteiger partial charge in [0.15, 0.2) is 5.69 Å². The number of carbonyl (C=O) groups excluding carboxylic acids is 1. The molecule has 0 bridgehead atoms. The summed E-state index contributed by atoms with van der Waals surface area (Å²) in [5.74, 6) is -1.18. The number of hydrazone groups is 1. The van der Waals surface area contributed by atoms with E-state index in [2.05, 4.69) is 15.6 Å². The van der Waals surface area contributed by atoms with Crippen LogP contribution in [0.3, 0.4) is 0 Å². The van der Waals surface area contributed by atoms with E-state index in [0.717, 1.165) is 33.2 Å². The van der Waals surface area contributed by atoms with Crippen molar-refractivity contribution in [3.63, 3.8) is 0 Å². The minimum Gasteiger partial charge on any atom is -0.266 e. The maximum Gasteiger partial charge on any atom is 0.292 e. The molecule has 0 saturated heterocycles. The largest absolute Gasteiger partial charge is 0.292 e. The smallest absolute Gasteiger partial charge is 0.266 e. The van der Waals surface area contributed by atoms with Crippen LogP contribution in [-0.2, 0) is 0 Å². The first-order valence-corrected chi connectivity index (χ1v) is 9.60. The lowest BCUT2D eigenvalue weighted by molar-refractivity contribution is 0.0947. The summed E-state index contributed by atoms with van der Waals surface area (Å²) in [6.07, 6.45) is 1.51.